The number of methoxy groups -OCH3 is 1. The molecule has 0 fully saturated rings. The lowest BCUT2D eigenvalue weighted by Crippen LogP contribution is -2.40. The van der Waals surface area contributed by atoms with Crippen molar-refractivity contribution in [2.24, 2.45) is 0 Å². The molecule has 1 aromatic carbocycles. The molecule has 0 saturated carbocycles. The van der Waals surface area contributed by atoms with E-state index in [0.717, 1.165) is 13.0 Å². The van der Waals surface area contributed by atoms with Gasteiger partial charge in [0.2, 0.25) is 5.91 Å². The van der Waals surface area contributed by atoms with Gasteiger partial charge in [-0.1, -0.05) is 24.3 Å². The molecule has 0 radical (unpaired) electrons. The van der Waals surface area contributed by atoms with Crippen molar-refractivity contribution in [3.63, 3.8) is 0 Å². The SMILES string of the molecule is COCCOCC(=O)NCC1NCCc2ccccc21. The Balaban J connectivity index is 1.76. The maximum atomic E-state index is 11.7. The van der Waals surface area contributed by atoms with E-state index in [-0.39, 0.29) is 18.6 Å². The van der Waals surface area contributed by atoms with Crippen LogP contribution in [0.1, 0.15) is 17.2 Å². The van der Waals surface area contributed by atoms with E-state index >= 15 is 0 Å². The minimum Gasteiger partial charge on any atom is -0.382 e. The normalized spacial score (nSPS) is 17.6. The van der Waals surface area contributed by atoms with Gasteiger partial charge in [0, 0.05) is 19.7 Å². The molecule has 0 spiro atoms. The monoisotopic (exact) mass is 278 g/mol. The van der Waals surface area contributed by atoms with Crippen molar-refractivity contribution in [1.82, 2.24) is 10.6 Å². The first-order valence-electron chi connectivity index (χ1n) is 6.96. The zero-order valence-electron chi connectivity index (χ0n) is 11.9. The summed E-state index contributed by atoms with van der Waals surface area (Å²) in [6, 6.07) is 8.55. The Bertz CT molecular complexity index is 437. The molecule has 20 heavy (non-hydrogen) atoms. The highest BCUT2D eigenvalue weighted by Crippen LogP contribution is 2.21. The number of benzene rings is 1. The van der Waals surface area contributed by atoms with Crippen LogP contribution in [0.5, 0.6) is 0 Å². The van der Waals surface area contributed by atoms with Crippen LogP contribution in [0.25, 0.3) is 0 Å². The molecule has 2 N–H and O–H groups in total. The molecule has 1 amide bonds. The Morgan fingerprint density at radius 2 is 2.25 bits per heavy atom. The van der Waals surface area contributed by atoms with Gasteiger partial charge in [-0.2, -0.15) is 0 Å². The van der Waals surface area contributed by atoms with Gasteiger partial charge in [0.05, 0.1) is 13.2 Å². The molecule has 110 valence electrons. The van der Waals surface area contributed by atoms with Crippen molar-refractivity contribution in [1.29, 1.82) is 0 Å². The fraction of sp³-hybridized carbons (Fsp3) is 0.533. The number of nitrogens with one attached hydrogen (secondary N) is 2. The minimum absolute atomic E-state index is 0.0811. The summed E-state index contributed by atoms with van der Waals surface area (Å²) in [5.41, 5.74) is 2.64. The number of hydrogen-bond donors (Lipinski definition) is 2. The minimum atomic E-state index is -0.0917. The summed E-state index contributed by atoms with van der Waals surface area (Å²) in [4.78, 5) is 11.7. The summed E-state index contributed by atoms with van der Waals surface area (Å²) in [5.74, 6) is -0.0917. The summed E-state index contributed by atoms with van der Waals surface area (Å²) in [5, 5.41) is 6.33. The summed E-state index contributed by atoms with van der Waals surface area (Å²) < 4.78 is 10.0. The molecule has 1 aliphatic heterocycles. The second kappa shape index (κ2) is 7.99. The summed E-state index contributed by atoms with van der Waals surface area (Å²) in [6.45, 7) is 2.56. The molecular weight excluding hydrogens is 256 g/mol. The number of carbonyl (C=O) groups excluding carboxylic acids is 1. The molecule has 1 aliphatic rings. The summed E-state index contributed by atoms with van der Waals surface area (Å²) >= 11 is 0. The average Bonchev–Trinajstić information content (AvgIpc) is 2.49. The van der Waals surface area contributed by atoms with E-state index in [1.807, 2.05) is 6.07 Å². The number of ether oxygens (including phenoxy) is 2. The van der Waals surface area contributed by atoms with Gasteiger partial charge >= 0.3 is 0 Å². The van der Waals surface area contributed by atoms with Gasteiger partial charge in [-0.25, -0.2) is 0 Å². The van der Waals surface area contributed by atoms with Crippen LogP contribution in [0.2, 0.25) is 0 Å². The van der Waals surface area contributed by atoms with E-state index in [4.69, 9.17) is 9.47 Å². The van der Waals surface area contributed by atoms with Crippen LogP contribution < -0.4 is 10.6 Å². The summed E-state index contributed by atoms with van der Waals surface area (Å²) in [6.07, 6.45) is 1.04. The quantitative estimate of drug-likeness (QED) is 0.719. The predicted octanol–water partition coefficient (Wildman–Crippen LogP) is 0.653. The maximum Gasteiger partial charge on any atom is 0.246 e. The summed E-state index contributed by atoms with van der Waals surface area (Å²) in [7, 11) is 1.61. The highest BCUT2D eigenvalue weighted by molar-refractivity contribution is 5.77. The first-order valence-corrected chi connectivity index (χ1v) is 6.96. The third-order valence-corrected chi connectivity index (χ3v) is 3.38. The van der Waals surface area contributed by atoms with Crippen LogP contribution in [0, 0.1) is 0 Å². The molecule has 0 aromatic heterocycles. The highest BCUT2D eigenvalue weighted by atomic mass is 16.5. The fourth-order valence-electron chi connectivity index (χ4n) is 2.35. The zero-order valence-corrected chi connectivity index (χ0v) is 11.9. The second-order valence-electron chi connectivity index (χ2n) is 4.80. The molecule has 1 heterocycles. The third kappa shape index (κ3) is 4.30. The van der Waals surface area contributed by atoms with Crippen molar-refractivity contribution in [3.05, 3.63) is 35.4 Å². The number of amides is 1. The van der Waals surface area contributed by atoms with Crippen LogP contribution >= 0.6 is 0 Å². The van der Waals surface area contributed by atoms with Crippen LogP contribution in [-0.2, 0) is 20.7 Å². The second-order valence-corrected chi connectivity index (χ2v) is 4.80. The third-order valence-electron chi connectivity index (χ3n) is 3.38. The van der Waals surface area contributed by atoms with Crippen molar-refractivity contribution in [3.8, 4) is 0 Å². The Labute approximate surface area is 119 Å². The van der Waals surface area contributed by atoms with Crippen molar-refractivity contribution >= 4 is 5.91 Å². The molecular formula is C15H22N2O3. The van der Waals surface area contributed by atoms with E-state index in [9.17, 15) is 4.79 Å². The molecule has 2 rings (SSSR count). The Hall–Kier alpha value is -1.43. The van der Waals surface area contributed by atoms with Crippen LogP contribution in [-0.4, -0.2) is 45.9 Å². The lowest BCUT2D eigenvalue weighted by molar-refractivity contribution is -0.126. The number of carbonyl (C=O) groups is 1. The molecule has 0 bridgehead atoms. The highest BCUT2D eigenvalue weighted by Gasteiger charge is 2.19. The molecule has 1 unspecified atom stereocenters. The zero-order chi connectivity index (χ0) is 14.2. The van der Waals surface area contributed by atoms with Gasteiger partial charge in [0.15, 0.2) is 0 Å². The van der Waals surface area contributed by atoms with E-state index in [1.165, 1.54) is 11.1 Å². The molecule has 1 atom stereocenters. The smallest absolute Gasteiger partial charge is 0.246 e. The van der Waals surface area contributed by atoms with Crippen LogP contribution in [0.15, 0.2) is 24.3 Å². The number of hydrogen-bond acceptors (Lipinski definition) is 4. The molecule has 5 heteroatoms. The Kier molecular flexibility index (Phi) is 5.98. The average molecular weight is 278 g/mol. The predicted molar refractivity (Wildman–Crippen MR) is 76.6 cm³/mol. The van der Waals surface area contributed by atoms with Crippen molar-refractivity contribution < 1.29 is 14.3 Å². The van der Waals surface area contributed by atoms with E-state index < -0.39 is 0 Å². The largest absolute Gasteiger partial charge is 0.382 e. The van der Waals surface area contributed by atoms with Crippen LogP contribution in [0.4, 0.5) is 0 Å². The standard InChI is InChI=1S/C15H22N2O3/c1-19-8-9-20-11-15(18)17-10-14-13-5-3-2-4-12(13)6-7-16-14/h2-5,14,16H,6-11H2,1H3,(H,17,18). The molecule has 1 aromatic rings. The van der Waals surface area contributed by atoms with E-state index in [2.05, 4.69) is 28.8 Å². The Morgan fingerprint density at radius 1 is 1.40 bits per heavy atom. The topological polar surface area (TPSA) is 59.6 Å². The maximum absolute atomic E-state index is 11.7. The van der Waals surface area contributed by atoms with Crippen LogP contribution in [0.3, 0.4) is 0 Å². The fourth-order valence-corrected chi connectivity index (χ4v) is 2.35. The first kappa shape index (κ1) is 15.0. The number of rotatable bonds is 7. The Morgan fingerprint density at radius 3 is 3.10 bits per heavy atom. The van der Waals surface area contributed by atoms with E-state index in [0.29, 0.717) is 19.8 Å². The van der Waals surface area contributed by atoms with E-state index in [1.54, 1.807) is 7.11 Å². The lowest BCUT2D eigenvalue weighted by atomic mass is 9.94. The lowest BCUT2D eigenvalue weighted by Gasteiger charge is -2.27. The van der Waals surface area contributed by atoms with Gasteiger partial charge in [-0.05, 0) is 24.1 Å². The van der Waals surface area contributed by atoms with Crippen molar-refractivity contribution in [2.45, 2.75) is 12.5 Å². The van der Waals surface area contributed by atoms with Crippen molar-refractivity contribution in [2.75, 3.05) is 40.0 Å². The van der Waals surface area contributed by atoms with Gasteiger partial charge in [0.1, 0.15) is 6.61 Å². The van der Waals surface area contributed by atoms with Gasteiger partial charge < -0.3 is 20.1 Å². The van der Waals surface area contributed by atoms with Gasteiger partial charge in [-0.15, -0.1) is 0 Å². The molecule has 0 saturated heterocycles. The number of fused-ring (bicyclic) bond motifs is 1. The first-order chi connectivity index (χ1) is 9.81. The molecule has 5 nitrogen and oxygen atoms in total. The van der Waals surface area contributed by atoms with Gasteiger partial charge in [-0.3, -0.25) is 4.79 Å². The van der Waals surface area contributed by atoms with Gasteiger partial charge in [0.25, 0.3) is 0 Å². The molecule has 0 aliphatic carbocycles.